The molecule has 2 heterocycles. The quantitative estimate of drug-likeness (QED) is 0.894. The zero-order chi connectivity index (χ0) is 13.0. The zero-order valence-electron chi connectivity index (χ0n) is 10.7. The van der Waals surface area contributed by atoms with Crippen LogP contribution in [0, 0.1) is 13.8 Å². The third-order valence-electron chi connectivity index (χ3n) is 2.86. The molecule has 2 rings (SSSR count). The van der Waals surface area contributed by atoms with Gasteiger partial charge in [0.2, 0.25) is 0 Å². The van der Waals surface area contributed by atoms with Crippen molar-refractivity contribution in [2.24, 2.45) is 0 Å². The van der Waals surface area contributed by atoms with E-state index in [9.17, 15) is 5.11 Å². The second-order valence-corrected chi connectivity index (χ2v) is 4.09. The fourth-order valence-corrected chi connectivity index (χ4v) is 1.99. The number of nitrogens with zero attached hydrogens (tertiary/aromatic N) is 3. The van der Waals surface area contributed by atoms with Crippen molar-refractivity contribution in [2.75, 3.05) is 18.1 Å². The number of pyridine rings is 2. The van der Waals surface area contributed by atoms with Gasteiger partial charge in [-0.3, -0.25) is 9.97 Å². The van der Waals surface area contributed by atoms with Gasteiger partial charge < -0.3 is 10.0 Å². The summed E-state index contributed by atoms with van der Waals surface area (Å²) >= 11 is 0. The van der Waals surface area contributed by atoms with Gasteiger partial charge in [-0.2, -0.15) is 0 Å². The molecule has 94 valence electrons. The van der Waals surface area contributed by atoms with Crippen LogP contribution in [0.3, 0.4) is 0 Å². The summed E-state index contributed by atoms with van der Waals surface area (Å²) in [6.45, 7) is 4.54. The highest BCUT2D eigenvalue weighted by Gasteiger charge is 2.13. The van der Waals surface area contributed by atoms with Crippen molar-refractivity contribution in [3.8, 4) is 0 Å². The zero-order valence-corrected chi connectivity index (χ0v) is 10.7. The number of aliphatic hydroxyl groups is 1. The minimum atomic E-state index is 0.0860. The number of hydrogen-bond donors (Lipinski definition) is 1. The highest BCUT2D eigenvalue weighted by atomic mass is 16.3. The van der Waals surface area contributed by atoms with Crippen molar-refractivity contribution in [2.45, 2.75) is 13.8 Å². The molecule has 0 radical (unpaired) electrons. The molecule has 0 aromatic carbocycles. The van der Waals surface area contributed by atoms with Crippen molar-refractivity contribution in [1.82, 2.24) is 9.97 Å². The number of aryl methyl sites for hydroxylation is 2. The minimum absolute atomic E-state index is 0.0860. The van der Waals surface area contributed by atoms with Gasteiger partial charge >= 0.3 is 0 Å². The molecular weight excluding hydrogens is 226 g/mol. The lowest BCUT2D eigenvalue weighted by atomic mass is 10.2. The number of anilines is 2. The normalized spacial score (nSPS) is 10.4. The molecule has 0 spiro atoms. The maximum absolute atomic E-state index is 9.26. The molecule has 0 saturated heterocycles. The Kier molecular flexibility index (Phi) is 3.89. The first-order valence-corrected chi connectivity index (χ1v) is 5.95. The molecule has 0 unspecified atom stereocenters. The fourth-order valence-electron chi connectivity index (χ4n) is 1.99. The molecule has 1 N–H and O–H groups in total. The van der Waals surface area contributed by atoms with Crippen LogP contribution in [0.4, 0.5) is 11.4 Å². The summed E-state index contributed by atoms with van der Waals surface area (Å²) in [6, 6.07) is 7.81. The number of aliphatic hydroxyl groups excluding tert-OH is 1. The second-order valence-electron chi connectivity index (χ2n) is 4.09. The molecule has 0 aliphatic heterocycles. The molecule has 2 aromatic rings. The lowest BCUT2D eigenvalue weighted by molar-refractivity contribution is 0.305. The van der Waals surface area contributed by atoms with E-state index >= 15 is 0 Å². The van der Waals surface area contributed by atoms with Gasteiger partial charge in [-0.25, -0.2) is 0 Å². The third-order valence-corrected chi connectivity index (χ3v) is 2.86. The summed E-state index contributed by atoms with van der Waals surface area (Å²) in [5.41, 5.74) is 3.88. The average Bonchev–Trinajstić information content (AvgIpc) is 2.38. The predicted octanol–water partition coefficient (Wildman–Crippen LogP) is 2.22. The van der Waals surface area contributed by atoms with Crippen molar-refractivity contribution in [3.05, 3.63) is 48.0 Å². The monoisotopic (exact) mass is 243 g/mol. The molecule has 0 atom stereocenters. The van der Waals surface area contributed by atoms with E-state index in [4.69, 9.17) is 0 Å². The molecule has 0 aliphatic carbocycles. The molecule has 4 heteroatoms. The number of rotatable bonds is 4. The van der Waals surface area contributed by atoms with Crippen LogP contribution < -0.4 is 4.90 Å². The Morgan fingerprint density at radius 1 is 1.00 bits per heavy atom. The standard InChI is InChI=1S/C14H17N3O/c1-11-13(5-3-7-15-11)17(9-10-18)14-6-4-8-16-12(14)2/h3-8,18H,9-10H2,1-2H3. The van der Waals surface area contributed by atoms with Crippen LogP contribution in [0.25, 0.3) is 0 Å². The first-order chi connectivity index (χ1) is 8.74. The smallest absolute Gasteiger partial charge is 0.0628 e. The van der Waals surface area contributed by atoms with Gasteiger partial charge in [0.15, 0.2) is 0 Å². The lowest BCUT2D eigenvalue weighted by Gasteiger charge is -2.26. The average molecular weight is 243 g/mol. The topological polar surface area (TPSA) is 49.2 Å². The van der Waals surface area contributed by atoms with Gasteiger partial charge in [-0.1, -0.05) is 0 Å². The van der Waals surface area contributed by atoms with Crippen LogP contribution in [0.15, 0.2) is 36.7 Å². The van der Waals surface area contributed by atoms with Crippen molar-refractivity contribution in [3.63, 3.8) is 0 Å². The predicted molar refractivity (Wildman–Crippen MR) is 72.0 cm³/mol. The van der Waals surface area contributed by atoms with E-state index in [0.29, 0.717) is 6.54 Å². The fraction of sp³-hybridized carbons (Fsp3) is 0.286. The van der Waals surface area contributed by atoms with E-state index in [1.54, 1.807) is 12.4 Å². The molecule has 2 aromatic heterocycles. The maximum atomic E-state index is 9.26. The van der Waals surface area contributed by atoms with E-state index in [1.807, 2.05) is 43.0 Å². The number of hydrogen-bond acceptors (Lipinski definition) is 4. The molecule has 18 heavy (non-hydrogen) atoms. The van der Waals surface area contributed by atoms with Gasteiger partial charge in [-0.15, -0.1) is 0 Å². The maximum Gasteiger partial charge on any atom is 0.0628 e. The molecular formula is C14H17N3O. The molecule has 4 nitrogen and oxygen atoms in total. The summed E-state index contributed by atoms with van der Waals surface area (Å²) in [6.07, 6.45) is 3.54. The van der Waals surface area contributed by atoms with E-state index in [2.05, 4.69) is 9.97 Å². The van der Waals surface area contributed by atoms with E-state index in [-0.39, 0.29) is 6.61 Å². The number of aromatic nitrogens is 2. The second kappa shape index (κ2) is 5.60. The Morgan fingerprint density at radius 2 is 1.50 bits per heavy atom. The Bertz CT molecular complexity index is 482. The van der Waals surface area contributed by atoms with Crippen LogP contribution in [0.2, 0.25) is 0 Å². The highest BCUT2D eigenvalue weighted by Crippen LogP contribution is 2.28. The van der Waals surface area contributed by atoms with Crippen molar-refractivity contribution in [1.29, 1.82) is 0 Å². The van der Waals surface area contributed by atoms with Crippen LogP contribution in [-0.4, -0.2) is 28.2 Å². The largest absolute Gasteiger partial charge is 0.395 e. The van der Waals surface area contributed by atoms with Crippen LogP contribution in [0.1, 0.15) is 11.4 Å². The summed E-state index contributed by atoms with van der Waals surface area (Å²) < 4.78 is 0. The lowest BCUT2D eigenvalue weighted by Crippen LogP contribution is -2.23. The van der Waals surface area contributed by atoms with Crippen LogP contribution in [0.5, 0.6) is 0 Å². The third kappa shape index (κ3) is 2.49. The Labute approximate surface area is 107 Å². The first-order valence-electron chi connectivity index (χ1n) is 5.95. The minimum Gasteiger partial charge on any atom is -0.395 e. The van der Waals surface area contributed by atoms with Gasteiger partial charge in [0.05, 0.1) is 29.4 Å². The highest BCUT2D eigenvalue weighted by molar-refractivity contribution is 5.66. The SMILES string of the molecule is Cc1ncccc1N(CCO)c1cccnc1C. The van der Waals surface area contributed by atoms with E-state index in [1.165, 1.54) is 0 Å². The summed E-state index contributed by atoms with van der Waals surface area (Å²) in [4.78, 5) is 10.6. The van der Waals surface area contributed by atoms with E-state index in [0.717, 1.165) is 22.8 Å². The summed E-state index contributed by atoms with van der Waals surface area (Å²) in [5, 5.41) is 9.26. The van der Waals surface area contributed by atoms with Gasteiger partial charge in [0.1, 0.15) is 0 Å². The molecule has 0 aliphatic rings. The Balaban J connectivity index is 2.47. The summed E-state index contributed by atoms with van der Waals surface area (Å²) in [7, 11) is 0. The molecule has 0 bridgehead atoms. The van der Waals surface area contributed by atoms with Gasteiger partial charge in [0.25, 0.3) is 0 Å². The van der Waals surface area contributed by atoms with Crippen molar-refractivity contribution < 1.29 is 5.11 Å². The molecule has 0 fully saturated rings. The Morgan fingerprint density at radius 3 is 1.89 bits per heavy atom. The van der Waals surface area contributed by atoms with Crippen LogP contribution in [-0.2, 0) is 0 Å². The van der Waals surface area contributed by atoms with Crippen LogP contribution >= 0.6 is 0 Å². The summed E-state index contributed by atoms with van der Waals surface area (Å²) in [5.74, 6) is 0. The Hall–Kier alpha value is -1.94. The molecule has 0 saturated carbocycles. The van der Waals surface area contributed by atoms with Gasteiger partial charge in [0, 0.05) is 18.9 Å². The molecule has 0 amide bonds. The first kappa shape index (κ1) is 12.5. The van der Waals surface area contributed by atoms with Gasteiger partial charge in [-0.05, 0) is 38.1 Å². The van der Waals surface area contributed by atoms with Crippen molar-refractivity contribution >= 4 is 11.4 Å². The van der Waals surface area contributed by atoms with E-state index < -0.39 is 0 Å².